The first kappa shape index (κ1) is 9.40. The van der Waals surface area contributed by atoms with Gasteiger partial charge in [-0.1, -0.05) is 0 Å². The highest BCUT2D eigenvalue weighted by Crippen LogP contribution is 2.15. The summed E-state index contributed by atoms with van der Waals surface area (Å²) in [5, 5.41) is 0. The minimum Gasteiger partial charge on any atom is -0.381 e. The second-order valence-corrected chi connectivity index (χ2v) is 3.59. The van der Waals surface area contributed by atoms with Gasteiger partial charge in [0.2, 0.25) is 0 Å². The third kappa shape index (κ3) is 2.20. The van der Waals surface area contributed by atoms with Gasteiger partial charge in [0.25, 0.3) is 0 Å². The van der Waals surface area contributed by atoms with Crippen LogP contribution in [0, 0.1) is 5.92 Å². The van der Waals surface area contributed by atoms with E-state index in [1.54, 1.807) is 12.4 Å². The van der Waals surface area contributed by atoms with E-state index in [0.717, 1.165) is 25.3 Å². The molecule has 0 aliphatic carbocycles. The molecule has 1 N–H and O–H groups in total. The number of aromatic amines is 1. The van der Waals surface area contributed by atoms with Gasteiger partial charge in [-0.05, 0) is 12.8 Å². The quantitative estimate of drug-likeness (QED) is 0.779. The van der Waals surface area contributed by atoms with Crippen LogP contribution < -0.4 is 0 Å². The summed E-state index contributed by atoms with van der Waals surface area (Å²) in [6.07, 6.45) is 5.76. The topological polar surface area (TPSA) is 55.0 Å². The second kappa shape index (κ2) is 4.37. The number of hydrogen-bond donors (Lipinski definition) is 1. The third-order valence-corrected chi connectivity index (χ3v) is 2.51. The highest BCUT2D eigenvalue weighted by atomic mass is 16.5. The Morgan fingerprint density at radius 2 is 2.64 bits per heavy atom. The van der Waals surface area contributed by atoms with E-state index in [9.17, 15) is 4.79 Å². The molecular weight excluding hydrogens is 180 g/mol. The van der Waals surface area contributed by atoms with Crippen LogP contribution in [0.25, 0.3) is 0 Å². The maximum Gasteiger partial charge on any atom is 0.145 e. The molecule has 1 aliphatic rings. The Morgan fingerprint density at radius 3 is 3.29 bits per heavy atom. The molecule has 4 nitrogen and oxygen atoms in total. The predicted octanol–water partition coefficient (Wildman–Crippen LogP) is 0.948. The third-order valence-electron chi connectivity index (χ3n) is 2.51. The van der Waals surface area contributed by atoms with Crippen LogP contribution in [0.3, 0.4) is 0 Å². The molecule has 1 unspecified atom stereocenters. The fraction of sp³-hybridized carbons (Fsp3) is 0.600. The smallest absolute Gasteiger partial charge is 0.145 e. The summed E-state index contributed by atoms with van der Waals surface area (Å²) in [5.41, 5.74) is 0. The summed E-state index contributed by atoms with van der Waals surface area (Å²) in [7, 11) is 0. The minimum absolute atomic E-state index is 0.0776. The van der Waals surface area contributed by atoms with Crippen molar-refractivity contribution in [3.63, 3.8) is 0 Å². The van der Waals surface area contributed by atoms with Crippen LogP contribution in [0.4, 0.5) is 0 Å². The molecule has 1 fully saturated rings. The molecule has 1 atom stereocenters. The summed E-state index contributed by atoms with van der Waals surface area (Å²) in [6, 6.07) is 0. The fourth-order valence-electron chi connectivity index (χ4n) is 1.70. The molecule has 1 aliphatic heterocycles. The van der Waals surface area contributed by atoms with Crippen LogP contribution in [0.1, 0.15) is 18.7 Å². The molecule has 14 heavy (non-hydrogen) atoms. The van der Waals surface area contributed by atoms with Gasteiger partial charge < -0.3 is 9.72 Å². The van der Waals surface area contributed by atoms with Gasteiger partial charge in [0.1, 0.15) is 11.6 Å². The number of Topliss-reactive ketones (excluding diaryl/α,β-unsaturated/α-hetero) is 1. The molecule has 2 rings (SSSR count). The number of carbonyl (C=O) groups excluding carboxylic acids is 1. The number of aromatic nitrogens is 2. The van der Waals surface area contributed by atoms with Crippen LogP contribution >= 0.6 is 0 Å². The molecule has 0 spiro atoms. The molecule has 0 aromatic carbocycles. The van der Waals surface area contributed by atoms with Crippen molar-refractivity contribution in [1.82, 2.24) is 9.97 Å². The maximum atomic E-state index is 11.7. The average Bonchev–Trinajstić information content (AvgIpc) is 2.72. The molecule has 2 heterocycles. The van der Waals surface area contributed by atoms with Crippen molar-refractivity contribution in [2.24, 2.45) is 5.92 Å². The Morgan fingerprint density at radius 1 is 1.71 bits per heavy atom. The number of hydrogen-bond acceptors (Lipinski definition) is 3. The number of nitrogens with one attached hydrogen (secondary N) is 1. The van der Waals surface area contributed by atoms with Crippen LogP contribution in [0.15, 0.2) is 12.4 Å². The van der Waals surface area contributed by atoms with Crippen LogP contribution in [0.2, 0.25) is 0 Å². The van der Waals surface area contributed by atoms with Gasteiger partial charge >= 0.3 is 0 Å². The zero-order valence-corrected chi connectivity index (χ0v) is 8.03. The molecule has 0 amide bonds. The van der Waals surface area contributed by atoms with Gasteiger partial charge in [0.15, 0.2) is 0 Å². The first-order chi connectivity index (χ1) is 6.86. The Kier molecular flexibility index (Phi) is 2.93. The van der Waals surface area contributed by atoms with Gasteiger partial charge in [-0.2, -0.15) is 0 Å². The number of imidazole rings is 1. The Bertz CT molecular complexity index is 289. The lowest BCUT2D eigenvalue weighted by molar-refractivity contribution is -0.126. The van der Waals surface area contributed by atoms with Crippen molar-refractivity contribution in [3.05, 3.63) is 18.2 Å². The van der Waals surface area contributed by atoms with E-state index in [1.165, 1.54) is 0 Å². The Hall–Kier alpha value is -1.16. The largest absolute Gasteiger partial charge is 0.381 e. The van der Waals surface area contributed by atoms with E-state index in [1.807, 2.05) is 0 Å². The summed E-state index contributed by atoms with van der Waals surface area (Å²) in [4.78, 5) is 18.7. The normalized spacial score (nSPS) is 22.1. The number of nitrogens with zero attached hydrogens (tertiary/aromatic N) is 1. The molecule has 0 radical (unpaired) electrons. The van der Waals surface area contributed by atoms with Gasteiger partial charge in [-0.25, -0.2) is 4.98 Å². The maximum absolute atomic E-state index is 11.7. The summed E-state index contributed by atoms with van der Waals surface area (Å²) < 4.78 is 5.27. The molecule has 1 aromatic heterocycles. The Labute approximate surface area is 82.7 Å². The lowest BCUT2D eigenvalue weighted by Gasteiger charge is -2.20. The van der Waals surface area contributed by atoms with Crippen molar-refractivity contribution in [2.75, 3.05) is 13.2 Å². The van der Waals surface area contributed by atoms with Gasteiger partial charge in [0, 0.05) is 24.9 Å². The average molecular weight is 194 g/mol. The monoisotopic (exact) mass is 194 g/mol. The molecule has 1 aromatic rings. The lowest BCUT2D eigenvalue weighted by Crippen LogP contribution is -2.26. The molecule has 0 bridgehead atoms. The van der Waals surface area contributed by atoms with Crippen molar-refractivity contribution in [1.29, 1.82) is 0 Å². The van der Waals surface area contributed by atoms with Crippen molar-refractivity contribution >= 4 is 5.78 Å². The van der Waals surface area contributed by atoms with E-state index >= 15 is 0 Å². The summed E-state index contributed by atoms with van der Waals surface area (Å²) in [6.45, 7) is 1.38. The molecule has 76 valence electrons. The van der Waals surface area contributed by atoms with E-state index in [0.29, 0.717) is 13.0 Å². The summed E-state index contributed by atoms with van der Waals surface area (Å²) in [5.74, 6) is 1.06. The van der Waals surface area contributed by atoms with Crippen molar-refractivity contribution < 1.29 is 9.53 Å². The SMILES string of the molecule is O=C(Cc1ncc[nH]1)C1CCCOC1. The number of ketones is 1. The molecule has 0 saturated carbocycles. The van der Waals surface area contributed by atoms with E-state index < -0.39 is 0 Å². The highest BCUT2D eigenvalue weighted by Gasteiger charge is 2.22. The zero-order valence-electron chi connectivity index (χ0n) is 8.03. The predicted molar refractivity (Wildman–Crippen MR) is 50.8 cm³/mol. The minimum atomic E-state index is 0.0776. The summed E-state index contributed by atoms with van der Waals surface area (Å²) >= 11 is 0. The molecule has 4 heteroatoms. The lowest BCUT2D eigenvalue weighted by atomic mass is 9.95. The molecular formula is C10H14N2O2. The Balaban J connectivity index is 1.88. The van der Waals surface area contributed by atoms with Crippen molar-refractivity contribution in [3.8, 4) is 0 Å². The standard InChI is InChI=1S/C10H14N2O2/c13-9(6-10-11-3-4-12-10)8-2-1-5-14-7-8/h3-4,8H,1-2,5-7H2,(H,11,12). The van der Waals surface area contributed by atoms with Gasteiger partial charge in [-0.3, -0.25) is 4.79 Å². The second-order valence-electron chi connectivity index (χ2n) is 3.59. The van der Waals surface area contributed by atoms with Crippen LogP contribution in [-0.2, 0) is 16.0 Å². The van der Waals surface area contributed by atoms with Crippen molar-refractivity contribution in [2.45, 2.75) is 19.3 Å². The van der Waals surface area contributed by atoms with Crippen LogP contribution in [-0.4, -0.2) is 29.0 Å². The van der Waals surface area contributed by atoms with E-state index in [2.05, 4.69) is 9.97 Å². The zero-order chi connectivity index (χ0) is 9.80. The first-order valence-corrected chi connectivity index (χ1v) is 4.95. The van der Waals surface area contributed by atoms with Gasteiger partial charge in [0.05, 0.1) is 13.0 Å². The van der Waals surface area contributed by atoms with E-state index in [4.69, 9.17) is 4.74 Å². The first-order valence-electron chi connectivity index (χ1n) is 4.95. The highest BCUT2D eigenvalue weighted by molar-refractivity contribution is 5.82. The number of rotatable bonds is 3. The molecule has 1 saturated heterocycles. The fourth-order valence-corrected chi connectivity index (χ4v) is 1.70. The van der Waals surface area contributed by atoms with E-state index in [-0.39, 0.29) is 11.7 Å². The number of H-pyrrole nitrogens is 1. The van der Waals surface area contributed by atoms with Gasteiger partial charge in [-0.15, -0.1) is 0 Å². The van der Waals surface area contributed by atoms with Crippen LogP contribution in [0.5, 0.6) is 0 Å². The number of carbonyl (C=O) groups is 1. The number of ether oxygens (including phenoxy) is 1.